The van der Waals surface area contributed by atoms with Gasteiger partial charge in [0.1, 0.15) is 0 Å². The maximum Gasteiger partial charge on any atom is 0.0107 e. The number of nitrogens with one attached hydrogen (secondary N) is 1. The molecular weight excluding hydrogens is 220 g/mol. The molecule has 0 atom stereocenters. The van der Waals surface area contributed by atoms with Crippen LogP contribution >= 0.6 is 0 Å². The molecule has 0 aliphatic heterocycles. The second kappa shape index (κ2) is 15.0. The van der Waals surface area contributed by atoms with Gasteiger partial charge in [-0.3, -0.25) is 0 Å². The number of nitrogens with zero attached hydrogens (tertiary/aromatic N) is 1. The number of rotatable bonds is 14. The van der Waals surface area contributed by atoms with E-state index in [1.165, 1.54) is 77.5 Å². The highest BCUT2D eigenvalue weighted by atomic mass is 15.1. The van der Waals surface area contributed by atoms with E-state index in [0.717, 1.165) is 6.54 Å². The Bertz CT molecular complexity index is 144. The predicted octanol–water partition coefficient (Wildman–Crippen LogP) is 4.06. The first kappa shape index (κ1) is 17.9. The minimum Gasteiger partial charge on any atom is -0.315 e. The fourth-order valence-electron chi connectivity index (χ4n) is 2.29. The van der Waals surface area contributed by atoms with Crippen molar-refractivity contribution in [3.8, 4) is 0 Å². The molecule has 0 spiro atoms. The molecule has 0 saturated carbocycles. The zero-order valence-electron chi connectivity index (χ0n) is 13.1. The minimum atomic E-state index is 1.15. The molecule has 18 heavy (non-hydrogen) atoms. The van der Waals surface area contributed by atoms with Gasteiger partial charge in [-0.2, -0.15) is 0 Å². The second-order valence-electron chi connectivity index (χ2n) is 5.25. The van der Waals surface area contributed by atoms with E-state index in [1.807, 2.05) is 0 Å². The largest absolute Gasteiger partial charge is 0.315 e. The Morgan fingerprint density at radius 1 is 0.667 bits per heavy atom. The zero-order chi connectivity index (χ0) is 13.5. The fourth-order valence-corrected chi connectivity index (χ4v) is 2.29. The van der Waals surface area contributed by atoms with Crippen molar-refractivity contribution in [2.45, 2.75) is 72.1 Å². The van der Waals surface area contributed by atoms with Crippen molar-refractivity contribution in [2.24, 2.45) is 0 Å². The van der Waals surface area contributed by atoms with Gasteiger partial charge in [0.15, 0.2) is 0 Å². The molecule has 0 aromatic carbocycles. The highest BCUT2D eigenvalue weighted by Gasteiger charge is 1.97. The Morgan fingerprint density at radius 3 is 1.78 bits per heavy atom. The van der Waals surface area contributed by atoms with Crippen LogP contribution in [0.5, 0.6) is 0 Å². The summed E-state index contributed by atoms with van der Waals surface area (Å²) in [6, 6.07) is 0. The maximum absolute atomic E-state index is 3.55. The van der Waals surface area contributed by atoms with Crippen LogP contribution in [0.4, 0.5) is 0 Å². The van der Waals surface area contributed by atoms with Crippen molar-refractivity contribution >= 4 is 0 Å². The molecule has 0 amide bonds. The molecule has 0 bridgehead atoms. The van der Waals surface area contributed by atoms with Gasteiger partial charge >= 0.3 is 0 Å². The summed E-state index contributed by atoms with van der Waals surface area (Å²) in [4.78, 5) is 2.47. The van der Waals surface area contributed by atoms with Crippen molar-refractivity contribution in [1.82, 2.24) is 10.2 Å². The van der Waals surface area contributed by atoms with Gasteiger partial charge in [-0.25, -0.2) is 0 Å². The fraction of sp³-hybridized carbons (Fsp3) is 1.00. The molecule has 2 heteroatoms. The zero-order valence-corrected chi connectivity index (χ0v) is 13.1. The Kier molecular flexibility index (Phi) is 14.9. The topological polar surface area (TPSA) is 15.3 Å². The summed E-state index contributed by atoms with van der Waals surface area (Å²) in [5, 5.41) is 3.55. The Labute approximate surface area is 116 Å². The van der Waals surface area contributed by atoms with Crippen LogP contribution in [-0.4, -0.2) is 37.6 Å². The molecular formula is C16H36N2. The lowest BCUT2D eigenvalue weighted by Crippen LogP contribution is -2.32. The molecule has 0 radical (unpaired) electrons. The highest BCUT2D eigenvalue weighted by molar-refractivity contribution is 4.56. The Hall–Kier alpha value is -0.0800. The molecule has 0 unspecified atom stereocenters. The number of likely N-dealkylation sites (N-methyl/N-ethyl adjacent to an activating group) is 1. The van der Waals surface area contributed by atoms with Crippen LogP contribution in [0.2, 0.25) is 0 Å². The third-order valence-electron chi connectivity index (χ3n) is 3.71. The molecule has 0 heterocycles. The predicted molar refractivity (Wildman–Crippen MR) is 83.3 cm³/mol. The van der Waals surface area contributed by atoms with E-state index in [2.05, 4.69) is 31.0 Å². The van der Waals surface area contributed by atoms with Gasteiger partial charge in [0.2, 0.25) is 0 Å². The van der Waals surface area contributed by atoms with E-state index in [9.17, 15) is 0 Å². The third kappa shape index (κ3) is 12.4. The van der Waals surface area contributed by atoms with Crippen molar-refractivity contribution in [3.63, 3.8) is 0 Å². The van der Waals surface area contributed by atoms with Gasteiger partial charge in [-0.05, 0) is 26.1 Å². The van der Waals surface area contributed by atoms with Gasteiger partial charge in [0, 0.05) is 13.1 Å². The molecule has 0 fully saturated rings. The Morgan fingerprint density at radius 2 is 1.22 bits per heavy atom. The molecule has 1 N–H and O–H groups in total. The standard InChI is InChI=1S/C16H36N2/c1-4-7-8-9-10-11-12-13-14-17-15-16-18(5-2)6-3/h17H,4-16H2,1-3H3. The summed E-state index contributed by atoms with van der Waals surface area (Å²) in [5.74, 6) is 0. The van der Waals surface area contributed by atoms with E-state index >= 15 is 0 Å². The first-order chi connectivity index (χ1) is 8.85. The van der Waals surface area contributed by atoms with Crippen LogP contribution in [0.3, 0.4) is 0 Å². The summed E-state index contributed by atoms with van der Waals surface area (Å²) in [5.41, 5.74) is 0. The van der Waals surface area contributed by atoms with Crippen LogP contribution < -0.4 is 5.32 Å². The van der Waals surface area contributed by atoms with Gasteiger partial charge in [-0.15, -0.1) is 0 Å². The molecule has 0 rings (SSSR count). The van der Waals surface area contributed by atoms with Gasteiger partial charge in [0.25, 0.3) is 0 Å². The first-order valence-electron chi connectivity index (χ1n) is 8.28. The summed E-state index contributed by atoms with van der Waals surface area (Å²) >= 11 is 0. The van der Waals surface area contributed by atoms with Crippen molar-refractivity contribution in [3.05, 3.63) is 0 Å². The van der Waals surface area contributed by atoms with E-state index in [0.29, 0.717) is 0 Å². The molecule has 2 nitrogen and oxygen atoms in total. The average Bonchev–Trinajstić information content (AvgIpc) is 2.40. The second-order valence-corrected chi connectivity index (χ2v) is 5.25. The van der Waals surface area contributed by atoms with Crippen LogP contribution in [0, 0.1) is 0 Å². The lowest BCUT2D eigenvalue weighted by Gasteiger charge is -2.17. The van der Waals surface area contributed by atoms with Crippen LogP contribution in [0.15, 0.2) is 0 Å². The summed E-state index contributed by atoms with van der Waals surface area (Å²) in [6.07, 6.45) is 11.3. The van der Waals surface area contributed by atoms with Crippen molar-refractivity contribution in [1.29, 1.82) is 0 Å². The first-order valence-corrected chi connectivity index (χ1v) is 8.28. The number of hydrogen-bond donors (Lipinski definition) is 1. The van der Waals surface area contributed by atoms with Crippen LogP contribution in [0.25, 0.3) is 0 Å². The van der Waals surface area contributed by atoms with Crippen molar-refractivity contribution in [2.75, 3.05) is 32.7 Å². The molecule has 110 valence electrons. The highest BCUT2D eigenvalue weighted by Crippen LogP contribution is 2.07. The van der Waals surface area contributed by atoms with E-state index in [-0.39, 0.29) is 0 Å². The van der Waals surface area contributed by atoms with E-state index in [4.69, 9.17) is 0 Å². The SMILES string of the molecule is CCCCCCCCCCNCCN(CC)CC. The van der Waals surface area contributed by atoms with Crippen LogP contribution in [0.1, 0.15) is 72.1 Å². The molecule has 0 aromatic rings. The molecule has 0 aliphatic rings. The smallest absolute Gasteiger partial charge is 0.0107 e. The average molecular weight is 256 g/mol. The lowest BCUT2D eigenvalue weighted by atomic mass is 10.1. The summed E-state index contributed by atoms with van der Waals surface area (Å²) < 4.78 is 0. The monoisotopic (exact) mass is 256 g/mol. The normalized spacial score (nSPS) is 11.3. The van der Waals surface area contributed by atoms with Crippen LogP contribution in [-0.2, 0) is 0 Å². The Balaban J connectivity index is 3.03. The van der Waals surface area contributed by atoms with Gasteiger partial charge in [-0.1, -0.05) is 65.7 Å². The van der Waals surface area contributed by atoms with E-state index < -0.39 is 0 Å². The lowest BCUT2D eigenvalue weighted by molar-refractivity contribution is 0.302. The quantitative estimate of drug-likeness (QED) is 0.472. The minimum absolute atomic E-state index is 1.15. The molecule has 0 aromatic heterocycles. The maximum atomic E-state index is 3.55. The van der Waals surface area contributed by atoms with Gasteiger partial charge < -0.3 is 10.2 Å². The summed E-state index contributed by atoms with van der Waals surface area (Å²) in [7, 11) is 0. The third-order valence-corrected chi connectivity index (χ3v) is 3.71. The summed E-state index contributed by atoms with van der Waals surface area (Å²) in [6.45, 7) is 12.7. The number of unbranched alkanes of at least 4 members (excludes halogenated alkanes) is 7. The van der Waals surface area contributed by atoms with Crippen molar-refractivity contribution < 1.29 is 0 Å². The van der Waals surface area contributed by atoms with E-state index in [1.54, 1.807) is 0 Å². The molecule has 0 aliphatic carbocycles. The molecule has 0 saturated heterocycles. The number of hydrogen-bond acceptors (Lipinski definition) is 2. The van der Waals surface area contributed by atoms with Gasteiger partial charge in [0.05, 0.1) is 0 Å².